The quantitative estimate of drug-likeness (QED) is 0.790. The van der Waals surface area contributed by atoms with E-state index in [9.17, 15) is 5.11 Å². The predicted octanol–water partition coefficient (Wildman–Crippen LogP) is 3.21. The van der Waals surface area contributed by atoms with Crippen molar-refractivity contribution in [1.29, 1.82) is 0 Å². The SMILES string of the molecule is Cc1csc(CC(O)CCCOc2ccccc2)n1. The Kier molecular flexibility index (Phi) is 5.36. The van der Waals surface area contributed by atoms with Gasteiger partial charge in [0.15, 0.2) is 0 Å². The summed E-state index contributed by atoms with van der Waals surface area (Å²) in [5, 5.41) is 12.9. The van der Waals surface area contributed by atoms with Crippen LogP contribution in [0.2, 0.25) is 0 Å². The molecule has 19 heavy (non-hydrogen) atoms. The number of rotatable bonds is 7. The lowest BCUT2D eigenvalue weighted by atomic mass is 10.1. The molecule has 0 spiro atoms. The topological polar surface area (TPSA) is 42.4 Å². The van der Waals surface area contributed by atoms with E-state index in [-0.39, 0.29) is 6.10 Å². The number of ether oxygens (including phenoxy) is 1. The van der Waals surface area contributed by atoms with Gasteiger partial charge in [0, 0.05) is 17.5 Å². The number of aliphatic hydroxyl groups is 1. The third kappa shape index (κ3) is 5.01. The Labute approximate surface area is 117 Å². The predicted molar refractivity (Wildman–Crippen MR) is 77.7 cm³/mol. The molecule has 0 saturated heterocycles. The number of benzene rings is 1. The molecular weight excluding hydrogens is 258 g/mol. The fraction of sp³-hybridized carbons (Fsp3) is 0.400. The molecule has 0 amide bonds. The third-order valence-corrected chi connectivity index (χ3v) is 3.76. The first-order valence-corrected chi connectivity index (χ1v) is 7.39. The normalized spacial score (nSPS) is 12.3. The van der Waals surface area contributed by atoms with Gasteiger partial charge in [0.25, 0.3) is 0 Å². The highest BCUT2D eigenvalue weighted by atomic mass is 32.1. The molecule has 1 N–H and O–H groups in total. The van der Waals surface area contributed by atoms with Crippen LogP contribution in [0, 0.1) is 6.92 Å². The summed E-state index contributed by atoms with van der Waals surface area (Å²) < 4.78 is 5.59. The molecule has 1 aromatic carbocycles. The first-order valence-electron chi connectivity index (χ1n) is 6.51. The molecule has 1 atom stereocenters. The molecular formula is C15H19NO2S. The molecule has 102 valence electrons. The lowest BCUT2D eigenvalue weighted by Gasteiger charge is -2.09. The first kappa shape index (κ1) is 14.0. The highest BCUT2D eigenvalue weighted by molar-refractivity contribution is 7.09. The van der Waals surface area contributed by atoms with Crippen molar-refractivity contribution in [1.82, 2.24) is 4.98 Å². The second-order valence-electron chi connectivity index (χ2n) is 4.54. The Morgan fingerprint density at radius 1 is 1.32 bits per heavy atom. The van der Waals surface area contributed by atoms with E-state index < -0.39 is 0 Å². The van der Waals surface area contributed by atoms with E-state index >= 15 is 0 Å². The molecule has 0 aliphatic rings. The molecule has 2 aromatic rings. The molecule has 1 aromatic heterocycles. The van der Waals surface area contributed by atoms with Gasteiger partial charge in [-0.2, -0.15) is 0 Å². The van der Waals surface area contributed by atoms with Gasteiger partial charge in [-0.1, -0.05) is 18.2 Å². The van der Waals surface area contributed by atoms with E-state index in [1.807, 2.05) is 42.6 Å². The van der Waals surface area contributed by atoms with Crippen LogP contribution in [0.15, 0.2) is 35.7 Å². The van der Waals surface area contributed by atoms with Crippen molar-refractivity contribution in [3.8, 4) is 5.75 Å². The van der Waals surface area contributed by atoms with Gasteiger partial charge in [-0.25, -0.2) is 4.98 Å². The Bertz CT molecular complexity index is 484. The van der Waals surface area contributed by atoms with Gasteiger partial charge in [-0.05, 0) is 31.9 Å². The number of aryl methyl sites for hydroxylation is 1. The molecule has 0 aliphatic carbocycles. The van der Waals surface area contributed by atoms with E-state index in [2.05, 4.69) is 4.98 Å². The van der Waals surface area contributed by atoms with E-state index in [0.717, 1.165) is 29.3 Å². The van der Waals surface area contributed by atoms with Gasteiger partial charge in [0.2, 0.25) is 0 Å². The van der Waals surface area contributed by atoms with E-state index in [4.69, 9.17) is 4.74 Å². The van der Waals surface area contributed by atoms with Crippen LogP contribution >= 0.6 is 11.3 Å². The summed E-state index contributed by atoms with van der Waals surface area (Å²) >= 11 is 1.61. The zero-order chi connectivity index (χ0) is 13.5. The summed E-state index contributed by atoms with van der Waals surface area (Å²) in [4.78, 5) is 4.35. The summed E-state index contributed by atoms with van der Waals surface area (Å²) in [6, 6.07) is 9.75. The molecule has 4 heteroatoms. The van der Waals surface area contributed by atoms with Crippen LogP contribution in [-0.4, -0.2) is 22.8 Å². The summed E-state index contributed by atoms with van der Waals surface area (Å²) in [6.45, 7) is 2.61. The number of aliphatic hydroxyl groups excluding tert-OH is 1. The number of nitrogens with zero attached hydrogens (tertiary/aromatic N) is 1. The molecule has 0 fully saturated rings. The van der Waals surface area contributed by atoms with Gasteiger partial charge < -0.3 is 9.84 Å². The maximum atomic E-state index is 9.92. The average Bonchev–Trinajstić information content (AvgIpc) is 2.81. The summed E-state index contributed by atoms with van der Waals surface area (Å²) in [6.07, 6.45) is 1.90. The molecule has 1 heterocycles. The Balaban J connectivity index is 1.63. The van der Waals surface area contributed by atoms with Gasteiger partial charge in [-0.15, -0.1) is 11.3 Å². The minimum atomic E-state index is -0.329. The highest BCUT2D eigenvalue weighted by Crippen LogP contribution is 2.14. The Morgan fingerprint density at radius 2 is 2.11 bits per heavy atom. The lowest BCUT2D eigenvalue weighted by molar-refractivity contribution is 0.152. The van der Waals surface area contributed by atoms with Crippen LogP contribution in [-0.2, 0) is 6.42 Å². The molecule has 3 nitrogen and oxygen atoms in total. The maximum Gasteiger partial charge on any atom is 0.119 e. The standard InChI is InChI=1S/C15H19NO2S/c1-12-11-19-15(16-12)10-13(17)6-5-9-18-14-7-3-2-4-8-14/h2-4,7-8,11,13,17H,5-6,9-10H2,1H3. The number of hydrogen-bond donors (Lipinski definition) is 1. The fourth-order valence-corrected chi connectivity index (χ4v) is 2.67. The summed E-state index contributed by atoms with van der Waals surface area (Å²) in [7, 11) is 0. The van der Waals surface area contributed by atoms with E-state index in [1.165, 1.54) is 0 Å². The van der Waals surface area contributed by atoms with Crippen molar-refractivity contribution >= 4 is 11.3 Å². The lowest BCUT2D eigenvalue weighted by Crippen LogP contribution is -2.12. The Hall–Kier alpha value is -1.39. The second kappa shape index (κ2) is 7.26. The molecule has 0 aliphatic heterocycles. The second-order valence-corrected chi connectivity index (χ2v) is 5.49. The molecule has 0 bridgehead atoms. The number of para-hydroxylation sites is 1. The molecule has 0 radical (unpaired) electrons. The van der Waals surface area contributed by atoms with E-state index in [0.29, 0.717) is 13.0 Å². The largest absolute Gasteiger partial charge is 0.494 e. The van der Waals surface area contributed by atoms with Crippen LogP contribution in [0.5, 0.6) is 5.75 Å². The Morgan fingerprint density at radius 3 is 2.79 bits per heavy atom. The van der Waals surface area contributed by atoms with Crippen molar-refractivity contribution < 1.29 is 9.84 Å². The van der Waals surface area contributed by atoms with Crippen molar-refractivity contribution in [2.24, 2.45) is 0 Å². The number of aromatic nitrogens is 1. The third-order valence-electron chi connectivity index (χ3n) is 2.77. The number of thiazole rings is 1. The maximum absolute atomic E-state index is 9.92. The summed E-state index contributed by atoms with van der Waals surface area (Å²) in [5.41, 5.74) is 1.03. The van der Waals surface area contributed by atoms with Crippen molar-refractivity contribution in [3.05, 3.63) is 46.4 Å². The van der Waals surface area contributed by atoms with Crippen LogP contribution in [0.25, 0.3) is 0 Å². The van der Waals surface area contributed by atoms with Gasteiger partial charge in [0.1, 0.15) is 5.75 Å². The monoisotopic (exact) mass is 277 g/mol. The minimum absolute atomic E-state index is 0.329. The van der Waals surface area contributed by atoms with Crippen molar-refractivity contribution in [3.63, 3.8) is 0 Å². The van der Waals surface area contributed by atoms with Crippen LogP contribution in [0.3, 0.4) is 0 Å². The van der Waals surface area contributed by atoms with Gasteiger partial charge >= 0.3 is 0 Å². The smallest absolute Gasteiger partial charge is 0.119 e. The average molecular weight is 277 g/mol. The highest BCUT2D eigenvalue weighted by Gasteiger charge is 2.08. The van der Waals surface area contributed by atoms with Crippen molar-refractivity contribution in [2.45, 2.75) is 32.3 Å². The minimum Gasteiger partial charge on any atom is -0.494 e. The summed E-state index contributed by atoms with van der Waals surface area (Å²) in [5.74, 6) is 0.882. The fourth-order valence-electron chi connectivity index (χ4n) is 1.83. The van der Waals surface area contributed by atoms with Crippen LogP contribution < -0.4 is 4.74 Å². The molecule has 0 saturated carbocycles. The first-order chi connectivity index (χ1) is 9.24. The zero-order valence-electron chi connectivity index (χ0n) is 11.1. The van der Waals surface area contributed by atoms with Crippen LogP contribution in [0.1, 0.15) is 23.5 Å². The zero-order valence-corrected chi connectivity index (χ0v) is 11.9. The number of hydrogen-bond acceptors (Lipinski definition) is 4. The van der Waals surface area contributed by atoms with Crippen molar-refractivity contribution in [2.75, 3.05) is 6.61 Å². The van der Waals surface area contributed by atoms with Crippen LogP contribution in [0.4, 0.5) is 0 Å². The molecule has 1 unspecified atom stereocenters. The van der Waals surface area contributed by atoms with Gasteiger partial charge in [-0.3, -0.25) is 0 Å². The molecule has 2 rings (SSSR count). The van der Waals surface area contributed by atoms with Gasteiger partial charge in [0.05, 0.1) is 17.7 Å². The van der Waals surface area contributed by atoms with E-state index in [1.54, 1.807) is 11.3 Å².